The molecule has 1 aliphatic heterocycles. The molecule has 5 aromatic rings. The van der Waals surface area contributed by atoms with Gasteiger partial charge in [-0.3, -0.25) is 9.59 Å². The highest BCUT2D eigenvalue weighted by Crippen LogP contribution is 2.25. The van der Waals surface area contributed by atoms with Crippen LogP contribution in [-0.4, -0.2) is 56.9 Å². The van der Waals surface area contributed by atoms with Crippen molar-refractivity contribution in [1.82, 2.24) is 24.8 Å². The number of nitrogens with one attached hydrogen (secondary N) is 2. The van der Waals surface area contributed by atoms with E-state index in [2.05, 4.69) is 26.0 Å². The number of hydrogen-bond donors (Lipinski definition) is 2. The number of nitriles is 1. The normalized spacial score (nSPS) is 13.9. The Kier molecular flexibility index (Phi) is 5.04. The zero-order chi connectivity index (χ0) is 23.9. The second-order valence-electron chi connectivity index (χ2n) is 8.34. The Morgan fingerprint density at radius 2 is 1.91 bits per heavy atom. The van der Waals surface area contributed by atoms with E-state index in [1.807, 2.05) is 38.8 Å². The van der Waals surface area contributed by atoms with E-state index < -0.39 is 0 Å². The minimum Gasteiger partial charge on any atom is -0.353 e. The Balaban J connectivity index is 1.23. The van der Waals surface area contributed by atoms with Crippen LogP contribution in [0, 0.1) is 11.3 Å². The molecule has 1 aliphatic rings. The van der Waals surface area contributed by atoms with Gasteiger partial charge in [-0.05, 0) is 30.3 Å². The van der Waals surface area contributed by atoms with Gasteiger partial charge in [0.05, 0.1) is 22.3 Å². The molecule has 9 nitrogen and oxygen atoms in total. The quantitative estimate of drug-likeness (QED) is 0.408. The number of anilines is 1. The number of H-pyrrole nitrogens is 2. The first-order valence-corrected chi connectivity index (χ1v) is 12.0. The molecular weight excluding hydrogens is 462 g/mol. The van der Waals surface area contributed by atoms with E-state index in [-0.39, 0.29) is 11.5 Å². The first-order chi connectivity index (χ1) is 17.1. The van der Waals surface area contributed by atoms with Crippen LogP contribution < -0.4 is 10.5 Å². The number of amides is 1. The Bertz CT molecular complexity index is 1690. The molecule has 1 fully saturated rings. The van der Waals surface area contributed by atoms with E-state index in [1.54, 1.807) is 24.4 Å². The number of piperazine rings is 1. The van der Waals surface area contributed by atoms with E-state index in [0.717, 1.165) is 21.9 Å². The topological polar surface area (TPSA) is 122 Å². The minimum absolute atomic E-state index is 0.0557. The van der Waals surface area contributed by atoms with Gasteiger partial charge in [-0.15, -0.1) is 11.3 Å². The summed E-state index contributed by atoms with van der Waals surface area (Å²) in [6, 6.07) is 13.1. The van der Waals surface area contributed by atoms with Crippen LogP contribution in [0.2, 0.25) is 0 Å². The summed E-state index contributed by atoms with van der Waals surface area (Å²) in [5, 5.41) is 14.0. The van der Waals surface area contributed by atoms with Crippen LogP contribution in [0.3, 0.4) is 0 Å². The van der Waals surface area contributed by atoms with E-state index >= 15 is 0 Å². The van der Waals surface area contributed by atoms with Crippen molar-refractivity contribution >= 4 is 45.0 Å². The van der Waals surface area contributed by atoms with Gasteiger partial charge >= 0.3 is 0 Å². The first kappa shape index (κ1) is 21.1. The molecule has 0 aliphatic carbocycles. The number of pyridine rings is 1. The van der Waals surface area contributed by atoms with Crippen LogP contribution in [0.5, 0.6) is 0 Å². The number of rotatable bonds is 3. The monoisotopic (exact) mass is 481 g/mol. The molecule has 5 heterocycles. The fourth-order valence-electron chi connectivity index (χ4n) is 4.43. The summed E-state index contributed by atoms with van der Waals surface area (Å²) in [5.41, 5.74) is 4.01. The Hall–Kier alpha value is -4.49. The van der Waals surface area contributed by atoms with Crippen LogP contribution in [0.1, 0.15) is 15.9 Å². The molecule has 0 radical (unpaired) electrons. The third-order valence-corrected chi connectivity index (χ3v) is 6.97. The van der Waals surface area contributed by atoms with Gasteiger partial charge in [0.1, 0.15) is 11.9 Å². The number of aromatic amines is 2. The molecule has 1 amide bonds. The lowest BCUT2D eigenvalue weighted by Crippen LogP contribution is -2.49. The van der Waals surface area contributed by atoms with Crippen molar-refractivity contribution in [2.75, 3.05) is 31.1 Å². The SMILES string of the molecule is N#Cc1cccnc1N1CCN(C(=O)c2ccc3cc(-c4nc5cscc5[nH]c4=O)[nH]c3c2)CC1. The number of thiophene rings is 1. The maximum absolute atomic E-state index is 13.2. The van der Waals surface area contributed by atoms with Gasteiger partial charge in [-0.25, -0.2) is 9.97 Å². The number of carbonyl (C=O) groups excluding carboxylic acids is 1. The average molecular weight is 482 g/mol. The minimum atomic E-state index is -0.260. The molecular formula is C25H19N7O2S. The standard InChI is InChI=1S/C25H19N7O2S/c26-12-17-2-1-5-27-23(17)31-6-8-32(9-7-31)25(34)16-4-3-15-10-19(28-18(15)11-16)22-24(33)30-21-14-35-13-20(21)29-22/h1-5,10-11,13-14,28H,6-9H2,(H,30,33). The van der Waals surface area contributed by atoms with Crippen molar-refractivity contribution in [2.24, 2.45) is 0 Å². The van der Waals surface area contributed by atoms with Crippen molar-refractivity contribution in [3.8, 4) is 17.5 Å². The van der Waals surface area contributed by atoms with Crippen LogP contribution in [-0.2, 0) is 0 Å². The van der Waals surface area contributed by atoms with Gasteiger partial charge in [-0.1, -0.05) is 6.07 Å². The lowest BCUT2D eigenvalue weighted by atomic mass is 10.1. The third kappa shape index (κ3) is 3.72. The van der Waals surface area contributed by atoms with E-state index in [1.165, 1.54) is 11.3 Å². The third-order valence-electron chi connectivity index (χ3n) is 6.24. The maximum atomic E-state index is 13.2. The van der Waals surface area contributed by atoms with Gasteiger partial charge < -0.3 is 19.8 Å². The van der Waals surface area contributed by atoms with Gasteiger partial charge in [-0.2, -0.15) is 5.26 Å². The molecule has 2 N–H and O–H groups in total. The summed E-state index contributed by atoms with van der Waals surface area (Å²) < 4.78 is 0. The predicted octanol–water partition coefficient (Wildman–Crippen LogP) is 3.36. The lowest BCUT2D eigenvalue weighted by Gasteiger charge is -2.35. The molecule has 35 heavy (non-hydrogen) atoms. The fourth-order valence-corrected chi connectivity index (χ4v) is 5.13. The highest BCUT2D eigenvalue weighted by atomic mass is 32.1. The summed E-state index contributed by atoms with van der Waals surface area (Å²) >= 11 is 1.48. The molecule has 0 unspecified atom stereocenters. The molecule has 0 bridgehead atoms. The number of nitrogens with zero attached hydrogens (tertiary/aromatic N) is 5. The summed E-state index contributed by atoms with van der Waals surface area (Å²) in [7, 11) is 0. The molecule has 0 atom stereocenters. The molecule has 172 valence electrons. The van der Waals surface area contributed by atoms with Gasteiger partial charge in [0.25, 0.3) is 11.5 Å². The first-order valence-electron chi connectivity index (χ1n) is 11.1. The molecule has 0 spiro atoms. The smallest absolute Gasteiger partial charge is 0.276 e. The van der Waals surface area contributed by atoms with Crippen LogP contribution in [0.4, 0.5) is 5.82 Å². The average Bonchev–Trinajstić information content (AvgIpc) is 3.53. The fraction of sp³-hybridized carbons (Fsp3) is 0.160. The van der Waals surface area contributed by atoms with Crippen LogP contribution >= 0.6 is 11.3 Å². The molecule has 4 aromatic heterocycles. The number of benzene rings is 1. The second kappa shape index (κ2) is 8.38. The zero-order valence-electron chi connectivity index (χ0n) is 18.5. The van der Waals surface area contributed by atoms with Crippen LogP contribution in [0.15, 0.2) is 58.1 Å². The van der Waals surface area contributed by atoms with Gasteiger partial charge in [0.15, 0.2) is 5.69 Å². The van der Waals surface area contributed by atoms with E-state index in [0.29, 0.717) is 54.5 Å². The highest BCUT2D eigenvalue weighted by molar-refractivity contribution is 7.09. The van der Waals surface area contributed by atoms with Gasteiger partial charge in [0.2, 0.25) is 0 Å². The second-order valence-corrected chi connectivity index (χ2v) is 9.08. The maximum Gasteiger partial charge on any atom is 0.276 e. The number of aromatic nitrogens is 4. The summed E-state index contributed by atoms with van der Waals surface area (Å²) in [6.07, 6.45) is 1.68. The molecule has 0 saturated carbocycles. The van der Waals surface area contributed by atoms with Crippen molar-refractivity contribution < 1.29 is 4.79 Å². The Labute approximate surface area is 203 Å². The van der Waals surface area contributed by atoms with Crippen molar-refractivity contribution in [2.45, 2.75) is 0 Å². The lowest BCUT2D eigenvalue weighted by molar-refractivity contribution is 0.0746. The van der Waals surface area contributed by atoms with Crippen molar-refractivity contribution in [3.63, 3.8) is 0 Å². The van der Waals surface area contributed by atoms with Crippen molar-refractivity contribution in [1.29, 1.82) is 5.26 Å². The van der Waals surface area contributed by atoms with E-state index in [9.17, 15) is 14.9 Å². The Morgan fingerprint density at radius 1 is 1.06 bits per heavy atom. The summed E-state index contributed by atoms with van der Waals surface area (Å²) in [5.74, 6) is 0.603. The molecule has 1 aromatic carbocycles. The highest BCUT2D eigenvalue weighted by Gasteiger charge is 2.24. The van der Waals surface area contributed by atoms with E-state index in [4.69, 9.17) is 0 Å². The molecule has 1 saturated heterocycles. The largest absolute Gasteiger partial charge is 0.353 e. The van der Waals surface area contributed by atoms with Crippen molar-refractivity contribution in [3.05, 3.63) is 74.8 Å². The Morgan fingerprint density at radius 3 is 2.74 bits per heavy atom. The van der Waals surface area contributed by atoms with Crippen LogP contribution in [0.25, 0.3) is 33.3 Å². The zero-order valence-corrected chi connectivity index (χ0v) is 19.3. The summed E-state index contributed by atoms with van der Waals surface area (Å²) in [6.45, 7) is 2.28. The summed E-state index contributed by atoms with van der Waals surface area (Å²) in [4.78, 5) is 44.6. The predicted molar refractivity (Wildman–Crippen MR) is 135 cm³/mol. The number of hydrogen-bond acceptors (Lipinski definition) is 7. The van der Waals surface area contributed by atoms with Gasteiger partial charge in [0, 0.05) is 59.6 Å². The number of carbonyl (C=O) groups is 1. The molecule has 10 heteroatoms. The molecule has 6 rings (SSSR count). The number of fused-ring (bicyclic) bond motifs is 2.